The number of carbonyl (C=O) groups is 2. The SMILES string of the molecule is CNC(=O)[C@H](CC(C)C)NC(=O)[C@H](CC(C)C)CP(=O)(O)Cn1c(=O)oc2ccccc2c1=O. The molecule has 0 aliphatic rings. The van der Waals surface area contributed by atoms with Crippen LogP contribution in [0.15, 0.2) is 38.3 Å². The average Bonchev–Trinajstić information content (AvgIpc) is 2.74. The maximum atomic E-state index is 13.1. The van der Waals surface area contributed by atoms with Crippen LogP contribution in [-0.2, 0) is 20.4 Å². The number of amides is 2. The van der Waals surface area contributed by atoms with Gasteiger partial charge in [-0.15, -0.1) is 0 Å². The first-order chi connectivity index (χ1) is 15.8. The van der Waals surface area contributed by atoms with Crippen LogP contribution in [0.25, 0.3) is 11.0 Å². The third-order valence-corrected chi connectivity index (χ3v) is 7.10. The van der Waals surface area contributed by atoms with Crippen LogP contribution in [0.2, 0.25) is 0 Å². The van der Waals surface area contributed by atoms with E-state index in [0.717, 1.165) is 0 Å². The van der Waals surface area contributed by atoms with Crippen LogP contribution >= 0.6 is 7.37 Å². The first-order valence-electron chi connectivity index (χ1n) is 11.3. The van der Waals surface area contributed by atoms with Gasteiger partial charge < -0.3 is 19.9 Å². The van der Waals surface area contributed by atoms with Gasteiger partial charge in [-0.05, 0) is 36.8 Å². The molecule has 1 unspecified atom stereocenters. The van der Waals surface area contributed by atoms with Crippen molar-refractivity contribution in [3.63, 3.8) is 0 Å². The standard InChI is InChI=1S/C23H34N3O7P/c1-14(2)10-16(20(27)25-18(11-15(3)4)21(28)24-5)12-34(31,32)13-26-22(29)17-8-6-7-9-19(17)33-23(26)30/h6-9,14-16,18H,10-13H2,1-5H3,(H,24,28)(H,25,27)(H,31,32)/t16-,18+/m1/s1. The molecule has 34 heavy (non-hydrogen) atoms. The van der Waals surface area contributed by atoms with Crippen molar-refractivity contribution < 1.29 is 23.5 Å². The summed E-state index contributed by atoms with van der Waals surface area (Å²) in [5.74, 6) is -2.65. The van der Waals surface area contributed by atoms with Gasteiger partial charge in [-0.1, -0.05) is 39.8 Å². The Bertz CT molecular complexity index is 1190. The zero-order valence-corrected chi connectivity index (χ0v) is 21.1. The predicted octanol–water partition coefficient (Wildman–Crippen LogP) is 2.12. The Balaban J connectivity index is 2.30. The molecule has 10 nitrogen and oxygen atoms in total. The molecule has 0 saturated carbocycles. The van der Waals surface area contributed by atoms with E-state index in [-0.39, 0.29) is 28.7 Å². The van der Waals surface area contributed by atoms with Crippen LogP contribution in [0.3, 0.4) is 0 Å². The lowest BCUT2D eigenvalue weighted by atomic mass is 9.96. The quantitative estimate of drug-likeness (QED) is 0.405. The van der Waals surface area contributed by atoms with Crippen LogP contribution in [-0.4, -0.2) is 40.5 Å². The molecule has 1 aromatic heterocycles. The van der Waals surface area contributed by atoms with Gasteiger partial charge in [0.05, 0.1) is 5.39 Å². The average molecular weight is 496 g/mol. The van der Waals surface area contributed by atoms with E-state index in [4.69, 9.17) is 4.42 Å². The summed E-state index contributed by atoms with van der Waals surface area (Å²) in [7, 11) is -2.70. The Morgan fingerprint density at radius 1 is 1.06 bits per heavy atom. The Hall–Kier alpha value is -2.71. The summed E-state index contributed by atoms with van der Waals surface area (Å²) in [6.07, 6.45) is -0.520. The lowest BCUT2D eigenvalue weighted by molar-refractivity contribution is -0.131. The molecule has 3 N–H and O–H groups in total. The van der Waals surface area contributed by atoms with Crippen molar-refractivity contribution in [2.45, 2.75) is 52.9 Å². The second kappa shape index (κ2) is 11.6. The van der Waals surface area contributed by atoms with Crippen molar-refractivity contribution in [3.05, 3.63) is 45.2 Å². The molecule has 0 spiro atoms. The normalized spacial score (nSPS) is 15.2. The van der Waals surface area contributed by atoms with E-state index < -0.39 is 49.0 Å². The molecule has 2 rings (SSSR count). The number of rotatable bonds is 11. The van der Waals surface area contributed by atoms with Crippen LogP contribution in [0, 0.1) is 17.8 Å². The number of aromatic nitrogens is 1. The van der Waals surface area contributed by atoms with Gasteiger partial charge in [-0.25, -0.2) is 9.36 Å². The first kappa shape index (κ1) is 27.5. The molecule has 0 bridgehead atoms. The number of hydrogen-bond acceptors (Lipinski definition) is 6. The first-order valence-corrected chi connectivity index (χ1v) is 13.3. The third-order valence-electron chi connectivity index (χ3n) is 5.36. The summed E-state index contributed by atoms with van der Waals surface area (Å²) in [5, 5.41) is 5.34. The fraction of sp³-hybridized carbons (Fsp3) is 0.565. The van der Waals surface area contributed by atoms with Gasteiger partial charge in [0.25, 0.3) is 5.56 Å². The molecule has 0 saturated heterocycles. The minimum absolute atomic E-state index is 0.0211. The Labute approximate surface area is 198 Å². The van der Waals surface area contributed by atoms with E-state index in [1.165, 1.54) is 19.2 Å². The highest BCUT2D eigenvalue weighted by Gasteiger charge is 2.33. The number of nitrogens with one attached hydrogen (secondary N) is 2. The molecule has 0 radical (unpaired) electrons. The van der Waals surface area contributed by atoms with E-state index in [0.29, 0.717) is 17.4 Å². The molecule has 0 fully saturated rings. The summed E-state index contributed by atoms with van der Waals surface area (Å²) in [5.41, 5.74) is -0.647. The molecule has 0 aliphatic heterocycles. The van der Waals surface area contributed by atoms with Gasteiger partial charge in [-0.3, -0.25) is 18.9 Å². The van der Waals surface area contributed by atoms with Crippen molar-refractivity contribution in [2.75, 3.05) is 13.2 Å². The monoisotopic (exact) mass is 495 g/mol. The lowest BCUT2D eigenvalue weighted by Crippen LogP contribution is -2.49. The molecular formula is C23H34N3O7P. The number of nitrogens with zero attached hydrogens (tertiary/aromatic N) is 1. The van der Waals surface area contributed by atoms with Crippen LogP contribution in [0.5, 0.6) is 0 Å². The van der Waals surface area contributed by atoms with Crippen molar-refractivity contribution in [2.24, 2.45) is 17.8 Å². The highest BCUT2D eigenvalue weighted by molar-refractivity contribution is 7.56. The van der Waals surface area contributed by atoms with E-state index in [1.807, 2.05) is 27.7 Å². The Morgan fingerprint density at radius 3 is 2.26 bits per heavy atom. The highest BCUT2D eigenvalue weighted by Crippen LogP contribution is 2.45. The predicted molar refractivity (Wildman–Crippen MR) is 130 cm³/mol. The summed E-state index contributed by atoms with van der Waals surface area (Å²) >= 11 is 0. The molecule has 2 amide bonds. The summed E-state index contributed by atoms with van der Waals surface area (Å²) < 4.78 is 18.8. The molecule has 188 valence electrons. The number of benzene rings is 1. The fourth-order valence-corrected chi connectivity index (χ4v) is 5.66. The number of hydrogen-bond donors (Lipinski definition) is 3. The number of fused-ring (bicyclic) bond motifs is 1. The fourth-order valence-electron chi connectivity index (χ4n) is 3.86. The second-order valence-corrected chi connectivity index (χ2v) is 11.7. The van der Waals surface area contributed by atoms with Crippen LogP contribution < -0.4 is 21.9 Å². The molecular weight excluding hydrogens is 461 g/mol. The van der Waals surface area contributed by atoms with Crippen molar-refractivity contribution in [3.8, 4) is 0 Å². The summed E-state index contributed by atoms with van der Waals surface area (Å²) in [6, 6.07) is 5.34. The number of carbonyl (C=O) groups excluding carboxylic acids is 2. The van der Waals surface area contributed by atoms with E-state index >= 15 is 0 Å². The zero-order valence-electron chi connectivity index (χ0n) is 20.2. The zero-order chi connectivity index (χ0) is 25.6. The Morgan fingerprint density at radius 2 is 1.68 bits per heavy atom. The third kappa shape index (κ3) is 7.40. The molecule has 1 heterocycles. The summed E-state index contributed by atoms with van der Waals surface area (Å²) in [4.78, 5) is 61.0. The van der Waals surface area contributed by atoms with Crippen molar-refractivity contribution >= 4 is 30.2 Å². The van der Waals surface area contributed by atoms with Crippen molar-refractivity contribution in [1.82, 2.24) is 15.2 Å². The van der Waals surface area contributed by atoms with E-state index in [1.54, 1.807) is 12.1 Å². The number of para-hydroxylation sites is 1. The van der Waals surface area contributed by atoms with E-state index in [9.17, 15) is 28.6 Å². The smallest absolute Gasteiger partial charge is 0.409 e. The van der Waals surface area contributed by atoms with Crippen LogP contribution in [0.4, 0.5) is 0 Å². The molecule has 3 atom stereocenters. The largest absolute Gasteiger partial charge is 0.422 e. The maximum Gasteiger partial charge on any atom is 0.422 e. The molecule has 11 heteroatoms. The minimum Gasteiger partial charge on any atom is -0.409 e. The van der Waals surface area contributed by atoms with Crippen molar-refractivity contribution in [1.29, 1.82) is 0 Å². The lowest BCUT2D eigenvalue weighted by Gasteiger charge is -2.25. The van der Waals surface area contributed by atoms with Gasteiger partial charge in [0.15, 0.2) is 0 Å². The second-order valence-electron chi connectivity index (χ2n) is 9.40. The summed E-state index contributed by atoms with van der Waals surface area (Å²) in [6.45, 7) is 7.58. The van der Waals surface area contributed by atoms with Gasteiger partial charge in [0, 0.05) is 19.1 Å². The van der Waals surface area contributed by atoms with Gasteiger partial charge in [0.2, 0.25) is 19.2 Å². The van der Waals surface area contributed by atoms with E-state index in [2.05, 4.69) is 10.6 Å². The molecule has 1 aromatic carbocycles. The van der Waals surface area contributed by atoms with Crippen LogP contribution in [0.1, 0.15) is 40.5 Å². The minimum atomic E-state index is -4.17. The van der Waals surface area contributed by atoms with Gasteiger partial charge in [0.1, 0.15) is 17.9 Å². The van der Waals surface area contributed by atoms with Gasteiger partial charge >= 0.3 is 5.76 Å². The topological polar surface area (TPSA) is 148 Å². The Kier molecular flexibility index (Phi) is 9.41. The highest BCUT2D eigenvalue weighted by atomic mass is 31.2. The molecule has 2 aromatic rings. The maximum absolute atomic E-state index is 13.1. The van der Waals surface area contributed by atoms with Gasteiger partial charge in [-0.2, -0.15) is 0 Å². The molecule has 0 aliphatic carbocycles. The number of likely N-dealkylation sites (N-methyl/N-ethyl adjacent to an activating group) is 1.